The van der Waals surface area contributed by atoms with Gasteiger partial charge in [-0.2, -0.15) is 0 Å². The second-order valence-corrected chi connectivity index (χ2v) is 12.7. The Labute approximate surface area is 202 Å². The van der Waals surface area contributed by atoms with Gasteiger partial charge in [0.15, 0.2) is 0 Å². The summed E-state index contributed by atoms with van der Waals surface area (Å²) < 4.78 is 14.8. The summed E-state index contributed by atoms with van der Waals surface area (Å²) in [6.45, 7) is 3.62. The zero-order valence-corrected chi connectivity index (χ0v) is 20.3. The standard InChI is InChI=1S/C30H22N3OP/c1-35(2,34)21-12-9-19(10-13-21)20-11-14-22-23-15-16-25-24(6-5-17-31-25)29(23)30-32-26-7-3-4-8-27(26)33(30)28(22)18-20/h3-18H,1-2H3. The van der Waals surface area contributed by atoms with Crippen LogP contribution in [-0.2, 0) is 4.57 Å². The van der Waals surface area contributed by atoms with Crippen molar-refractivity contribution >= 4 is 61.7 Å². The van der Waals surface area contributed by atoms with Crippen molar-refractivity contribution in [3.05, 3.63) is 97.2 Å². The van der Waals surface area contributed by atoms with E-state index in [4.69, 9.17) is 4.98 Å². The van der Waals surface area contributed by atoms with Crippen LogP contribution in [0.5, 0.6) is 0 Å². The normalized spacial score (nSPS) is 12.4. The van der Waals surface area contributed by atoms with Gasteiger partial charge < -0.3 is 4.57 Å². The van der Waals surface area contributed by atoms with Crippen molar-refractivity contribution in [2.45, 2.75) is 0 Å². The van der Waals surface area contributed by atoms with Gasteiger partial charge in [0.05, 0.1) is 22.1 Å². The van der Waals surface area contributed by atoms with Crippen LogP contribution in [-0.4, -0.2) is 27.7 Å². The molecule has 7 aromatic rings. The van der Waals surface area contributed by atoms with Crippen LogP contribution in [0.15, 0.2) is 97.2 Å². The van der Waals surface area contributed by atoms with Gasteiger partial charge in [-0.1, -0.05) is 60.7 Å². The first-order valence-corrected chi connectivity index (χ1v) is 14.3. The fourth-order valence-electron chi connectivity index (χ4n) is 5.19. The number of nitrogens with zero attached hydrogens (tertiary/aromatic N) is 3. The second-order valence-electron chi connectivity index (χ2n) is 9.45. The van der Waals surface area contributed by atoms with Crippen LogP contribution >= 0.6 is 7.14 Å². The first kappa shape index (κ1) is 20.4. The van der Waals surface area contributed by atoms with Crippen molar-refractivity contribution in [1.82, 2.24) is 14.4 Å². The molecule has 0 spiro atoms. The van der Waals surface area contributed by atoms with Gasteiger partial charge in [0.1, 0.15) is 12.8 Å². The van der Waals surface area contributed by atoms with E-state index in [2.05, 4.69) is 76.1 Å². The maximum atomic E-state index is 12.5. The average Bonchev–Trinajstić information content (AvgIpc) is 3.27. The summed E-state index contributed by atoms with van der Waals surface area (Å²) in [5, 5.41) is 5.47. The lowest BCUT2D eigenvalue weighted by Gasteiger charge is -2.13. The SMILES string of the molecule is CP(C)(=O)c1ccc(-c2ccc3c4ccc5ncccc5c4c4nc5ccccc5n4c3c2)cc1. The van der Waals surface area contributed by atoms with Crippen molar-refractivity contribution in [2.24, 2.45) is 0 Å². The van der Waals surface area contributed by atoms with Crippen molar-refractivity contribution in [2.75, 3.05) is 13.3 Å². The molecule has 0 unspecified atom stereocenters. The Morgan fingerprint density at radius 2 is 1.46 bits per heavy atom. The van der Waals surface area contributed by atoms with Gasteiger partial charge in [-0.15, -0.1) is 0 Å². The largest absolute Gasteiger partial charge is 0.319 e. The Bertz CT molecular complexity index is 2000. The molecule has 0 aliphatic rings. The molecule has 7 rings (SSSR count). The minimum atomic E-state index is -2.29. The number of benzene rings is 4. The van der Waals surface area contributed by atoms with Crippen LogP contribution in [0.2, 0.25) is 0 Å². The molecule has 0 N–H and O–H groups in total. The average molecular weight is 472 g/mol. The fraction of sp³-hybridized carbons (Fsp3) is 0.0667. The summed E-state index contributed by atoms with van der Waals surface area (Å²) >= 11 is 0. The predicted octanol–water partition coefficient (Wildman–Crippen LogP) is 7.26. The van der Waals surface area contributed by atoms with E-state index in [1.807, 2.05) is 43.8 Å². The molecule has 4 aromatic carbocycles. The molecule has 4 nitrogen and oxygen atoms in total. The second kappa shape index (κ2) is 7.24. The minimum Gasteiger partial charge on any atom is -0.319 e. The maximum Gasteiger partial charge on any atom is 0.147 e. The minimum absolute atomic E-state index is 0.900. The summed E-state index contributed by atoms with van der Waals surface area (Å²) in [7, 11) is -2.29. The molecule has 0 fully saturated rings. The molecule has 0 amide bonds. The number of pyridine rings is 2. The van der Waals surface area contributed by atoms with Crippen molar-refractivity contribution in [3.63, 3.8) is 0 Å². The highest BCUT2D eigenvalue weighted by molar-refractivity contribution is 7.70. The summed E-state index contributed by atoms with van der Waals surface area (Å²) in [5.41, 5.74) is 7.30. The lowest BCUT2D eigenvalue weighted by molar-refractivity contribution is 0.588. The Hall–Kier alpha value is -4.01. The van der Waals surface area contributed by atoms with E-state index in [0.29, 0.717) is 0 Å². The zero-order chi connectivity index (χ0) is 23.7. The van der Waals surface area contributed by atoms with Gasteiger partial charge in [-0.3, -0.25) is 9.38 Å². The predicted molar refractivity (Wildman–Crippen MR) is 148 cm³/mol. The van der Waals surface area contributed by atoms with Crippen LogP contribution in [0.25, 0.3) is 60.4 Å². The van der Waals surface area contributed by atoms with E-state index in [0.717, 1.165) is 54.9 Å². The zero-order valence-electron chi connectivity index (χ0n) is 19.4. The van der Waals surface area contributed by atoms with Crippen LogP contribution in [0.1, 0.15) is 0 Å². The van der Waals surface area contributed by atoms with Crippen molar-refractivity contribution in [3.8, 4) is 11.1 Å². The van der Waals surface area contributed by atoms with Crippen LogP contribution < -0.4 is 5.30 Å². The Morgan fingerprint density at radius 3 is 2.29 bits per heavy atom. The van der Waals surface area contributed by atoms with E-state index in [9.17, 15) is 4.57 Å². The highest BCUT2D eigenvalue weighted by atomic mass is 31.2. The number of fused-ring (bicyclic) bond motifs is 10. The van der Waals surface area contributed by atoms with Gasteiger partial charge >= 0.3 is 0 Å². The number of rotatable bonds is 2. The molecule has 35 heavy (non-hydrogen) atoms. The molecule has 0 saturated heterocycles. The van der Waals surface area contributed by atoms with Gasteiger partial charge in [-0.05, 0) is 60.2 Å². The number of imidazole rings is 1. The van der Waals surface area contributed by atoms with Gasteiger partial charge in [0, 0.05) is 27.7 Å². The summed E-state index contributed by atoms with van der Waals surface area (Å²) in [6.07, 6.45) is 1.84. The Balaban J connectivity index is 1.62. The first-order chi connectivity index (χ1) is 17.0. The van der Waals surface area contributed by atoms with E-state index < -0.39 is 7.14 Å². The number of para-hydroxylation sites is 2. The molecule has 0 saturated carbocycles. The third-order valence-corrected chi connectivity index (χ3v) is 8.46. The fourth-order valence-corrected chi connectivity index (χ4v) is 6.06. The quantitative estimate of drug-likeness (QED) is 0.197. The van der Waals surface area contributed by atoms with Gasteiger partial charge in [0.25, 0.3) is 0 Å². The highest BCUT2D eigenvalue weighted by Crippen LogP contribution is 2.38. The van der Waals surface area contributed by atoms with Crippen LogP contribution in [0.3, 0.4) is 0 Å². The monoisotopic (exact) mass is 471 g/mol. The first-order valence-electron chi connectivity index (χ1n) is 11.7. The van der Waals surface area contributed by atoms with Crippen molar-refractivity contribution in [1.29, 1.82) is 0 Å². The lowest BCUT2D eigenvalue weighted by atomic mass is 9.98. The molecular weight excluding hydrogens is 449 g/mol. The third kappa shape index (κ3) is 3.03. The van der Waals surface area contributed by atoms with Crippen LogP contribution in [0, 0.1) is 0 Å². The third-order valence-electron chi connectivity index (χ3n) is 6.92. The maximum absolute atomic E-state index is 12.5. The van der Waals surface area contributed by atoms with Crippen LogP contribution in [0.4, 0.5) is 0 Å². The number of hydrogen-bond donors (Lipinski definition) is 0. The molecule has 0 bridgehead atoms. The molecule has 3 aromatic heterocycles. The number of hydrogen-bond acceptors (Lipinski definition) is 3. The molecule has 3 heterocycles. The molecule has 168 valence electrons. The molecule has 0 atom stereocenters. The molecule has 5 heteroatoms. The van der Waals surface area contributed by atoms with Crippen molar-refractivity contribution < 1.29 is 4.57 Å². The Kier molecular flexibility index (Phi) is 4.22. The molecule has 0 aliphatic heterocycles. The van der Waals surface area contributed by atoms with Gasteiger partial charge in [-0.25, -0.2) is 4.98 Å². The van der Waals surface area contributed by atoms with E-state index in [1.165, 1.54) is 10.8 Å². The lowest BCUT2D eigenvalue weighted by Crippen LogP contribution is -2.01. The molecule has 0 aliphatic carbocycles. The molecule has 0 radical (unpaired) electrons. The van der Waals surface area contributed by atoms with E-state index in [-0.39, 0.29) is 0 Å². The van der Waals surface area contributed by atoms with E-state index in [1.54, 1.807) is 0 Å². The summed E-state index contributed by atoms with van der Waals surface area (Å²) in [6, 6.07) is 31.4. The smallest absolute Gasteiger partial charge is 0.147 e. The number of aromatic nitrogens is 3. The molecular formula is C30H22N3OP. The Morgan fingerprint density at radius 1 is 0.686 bits per heavy atom. The topological polar surface area (TPSA) is 47.3 Å². The summed E-state index contributed by atoms with van der Waals surface area (Å²) in [4.78, 5) is 9.68. The highest BCUT2D eigenvalue weighted by Gasteiger charge is 2.17. The van der Waals surface area contributed by atoms with Gasteiger partial charge in [0.2, 0.25) is 0 Å². The van der Waals surface area contributed by atoms with E-state index >= 15 is 0 Å². The summed E-state index contributed by atoms with van der Waals surface area (Å²) in [5.74, 6) is 0.